The molecule has 2 aromatic rings. The Bertz CT molecular complexity index is 596. The largest absolute Gasteiger partial charge is 0.496 e. The molecule has 0 aliphatic rings. The Morgan fingerprint density at radius 1 is 1.41 bits per heavy atom. The molecule has 0 unspecified atom stereocenters. The highest BCUT2D eigenvalue weighted by Gasteiger charge is 2.10. The summed E-state index contributed by atoms with van der Waals surface area (Å²) in [4.78, 5) is 0.563. The minimum atomic E-state index is 0.557. The number of nitriles is 1. The molecule has 0 saturated heterocycles. The minimum absolute atomic E-state index is 0.557. The number of hydrogen-bond acceptors (Lipinski definition) is 4. The predicted molar refractivity (Wildman–Crippen MR) is 70.2 cm³/mol. The monoisotopic (exact) mass is 244 g/mol. The lowest BCUT2D eigenvalue weighted by Crippen LogP contribution is -1.90. The van der Waals surface area contributed by atoms with Gasteiger partial charge < -0.3 is 10.5 Å². The quantitative estimate of drug-likeness (QED) is 0.882. The van der Waals surface area contributed by atoms with Crippen molar-refractivity contribution in [2.75, 3.05) is 12.8 Å². The summed E-state index contributed by atoms with van der Waals surface area (Å²) < 4.78 is 5.21. The zero-order valence-corrected chi connectivity index (χ0v) is 10.5. The molecule has 0 saturated carbocycles. The van der Waals surface area contributed by atoms with Gasteiger partial charge in [0.1, 0.15) is 16.7 Å². The molecule has 0 bridgehead atoms. The number of ether oxygens (including phenoxy) is 1. The molecular formula is C13H12N2OS. The summed E-state index contributed by atoms with van der Waals surface area (Å²) >= 11 is 1.37. The number of rotatable bonds is 2. The molecule has 1 aromatic carbocycles. The second-order valence-corrected chi connectivity index (χ2v) is 4.57. The maximum absolute atomic E-state index is 8.88. The van der Waals surface area contributed by atoms with E-state index in [2.05, 4.69) is 6.07 Å². The lowest BCUT2D eigenvalue weighted by molar-refractivity contribution is 0.412. The van der Waals surface area contributed by atoms with Gasteiger partial charge in [-0.2, -0.15) is 5.26 Å². The van der Waals surface area contributed by atoms with E-state index in [1.807, 2.05) is 30.5 Å². The van der Waals surface area contributed by atoms with Crippen molar-refractivity contribution in [3.63, 3.8) is 0 Å². The Morgan fingerprint density at radius 3 is 2.71 bits per heavy atom. The van der Waals surface area contributed by atoms with E-state index in [0.717, 1.165) is 22.4 Å². The Hall–Kier alpha value is -1.99. The van der Waals surface area contributed by atoms with Crippen LogP contribution in [-0.2, 0) is 0 Å². The van der Waals surface area contributed by atoms with Crippen molar-refractivity contribution in [2.24, 2.45) is 0 Å². The molecule has 0 atom stereocenters. The van der Waals surface area contributed by atoms with E-state index in [9.17, 15) is 0 Å². The molecule has 0 aliphatic heterocycles. The third kappa shape index (κ3) is 1.97. The average molecular weight is 244 g/mol. The maximum Gasteiger partial charge on any atom is 0.128 e. The lowest BCUT2D eigenvalue weighted by Gasteiger charge is -2.07. The van der Waals surface area contributed by atoms with E-state index < -0.39 is 0 Å². The molecule has 2 N–H and O–H groups in total. The van der Waals surface area contributed by atoms with Crippen molar-refractivity contribution in [1.82, 2.24) is 0 Å². The van der Waals surface area contributed by atoms with Crippen LogP contribution >= 0.6 is 11.3 Å². The molecule has 1 aromatic heterocycles. The van der Waals surface area contributed by atoms with Crippen LogP contribution < -0.4 is 10.5 Å². The summed E-state index contributed by atoms with van der Waals surface area (Å²) in [5.74, 6) is 0.850. The van der Waals surface area contributed by atoms with Gasteiger partial charge in [-0.25, -0.2) is 0 Å². The van der Waals surface area contributed by atoms with Gasteiger partial charge >= 0.3 is 0 Å². The Morgan fingerprint density at radius 2 is 2.18 bits per heavy atom. The van der Waals surface area contributed by atoms with E-state index >= 15 is 0 Å². The zero-order chi connectivity index (χ0) is 12.4. The van der Waals surface area contributed by atoms with Gasteiger partial charge in [-0.1, -0.05) is 6.07 Å². The van der Waals surface area contributed by atoms with E-state index in [1.54, 1.807) is 7.11 Å². The number of aryl methyl sites for hydroxylation is 1. The molecule has 3 nitrogen and oxygen atoms in total. The highest BCUT2D eigenvalue weighted by molar-refractivity contribution is 7.11. The van der Waals surface area contributed by atoms with Crippen LogP contribution in [-0.4, -0.2) is 7.11 Å². The maximum atomic E-state index is 8.88. The number of hydrogen-bond donors (Lipinski definition) is 1. The second kappa shape index (κ2) is 4.48. The van der Waals surface area contributed by atoms with Crippen molar-refractivity contribution < 1.29 is 4.74 Å². The van der Waals surface area contributed by atoms with Gasteiger partial charge in [-0.15, -0.1) is 11.3 Å². The van der Waals surface area contributed by atoms with Crippen LogP contribution in [0.1, 0.15) is 10.4 Å². The molecule has 86 valence electrons. The number of anilines is 1. The van der Waals surface area contributed by atoms with Gasteiger partial charge in [0, 0.05) is 10.9 Å². The van der Waals surface area contributed by atoms with Crippen LogP contribution in [0.3, 0.4) is 0 Å². The summed E-state index contributed by atoms with van der Waals surface area (Å²) in [7, 11) is 1.65. The molecule has 0 fully saturated rings. The van der Waals surface area contributed by atoms with Crippen molar-refractivity contribution >= 4 is 17.0 Å². The molecule has 17 heavy (non-hydrogen) atoms. The first-order valence-electron chi connectivity index (χ1n) is 5.09. The molecule has 0 radical (unpaired) electrons. The molecular weight excluding hydrogens is 232 g/mol. The predicted octanol–water partition coefficient (Wildman–Crippen LogP) is 3.19. The summed E-state index contributed by atoms with van der Waals surface area (Å²) in [5, 5.41) is 10.8. The molecule has 1 heterocycles. The summed E-state index contributed by atoms with van der Waals surface area (Å²) in [6, 6.07) is 7.96. The molecule has 0 aliphatic carbocycles. The van der Waals surface area contributed by atoms with Crippen molar-refractivity contribution in [3.05, 3.63) is 34.0 Å². The van der Waals surface area contributed by atoms with E-state index in [4.69, 9.17) is 15.7 Å². The standard InChI is InChI=1S/C13H12N2OS/c1-8-5-9(3-4-11(8)16-2)10-7-17-12(6-14)13(10)15/h3-5,7H,15H2,1-2H3. The van der Waals surface area contributed by atoms with Gasteiger partial charge in [-0.3, -0.25) is 0 Å². The lowest BCUT2D eigenvalue weighted by atomic mass is 10.0. The SMILES string of the molecule is COc1ccc(-c2csc(C#N)c2N)cc1C. The first-order chi connectivity index (χ1) is 8.17. The van der Waals surface area contributed by atoms with Crippen LogP contribution in [0.4, 0.5) is 5.69 Å². The number of nitrogen functional groups attached to an aromatic ring is 1. The van der Waals surface area contributed by atoms with Crippen LogP contribution in [0.15, 0.2) is 23.6 Å². The Balaban J connectivity index is 2.51. The van der Waals surface area contributed by atoms with Gasteiger partial charge in [0.25, 0.3) is 0 Å². The zero-order valence-electron chi connectivity index (χ0n) is 9.65. The van der Waals surface area contributed by atoms with Crippen LogP contribution in [0.2, 0.25) is 0 Å². The fourth-order valence-electron chi connectivity index (χ4n) is 1.72. The van der Waals surface area contributed by atoms with Crippen LogP contribution in [0.25, 0.3) is 11.1 Å². The summed E-state index contributed by atoms with van der Waals surface area (Å²) in [6.45, 7) is 1.98. The molecule has 4 heteroatoms. The van der Waals surface area contributed by atoms with Crippen LogP contribution in [0.5, 0.6) is 5.75 Å². The van der Waals surface area contributed by atoms with Gasteiger partial charge in [0.15, 0.2) is 0 Å². The highest BCUT2D eigenvalue weighted by atomic mass is 32.1. The van der Waals surface area contributed by atoms with Gasteiger partial charge in [-0.05, 0) is 30.2 Å². The average Bonchev–Trinajstić information content (AvgIpc) is 2.70. The molecule has 2 rings (SSSR count). The molecule has 0 spiro atoms. The number of benzene rings is 1. The highest BCUT2D eigenvalue weighted by Crippen LogP contribution is 2.35. The normalized spacial score (nSPS) is 9.94. The number of nitrogens with zero attached hydrogens (tertiary/aromatic N) is 1. The Labute approximate surface area is 104 Å². The van der Waals surface area contributed by atoms with Crippen molar-refractivity contribution in [2.45, 2.75) is 6.92 Å². The third-order valence-corrected chi connectivity index (χ3v) is 3.54. The number of nitrogens with two attached hydrogens (primary N) is 1. The topological polar surface area (TPSA) is 59.0 Å². The third-order valence-electron chi connectivity index (χ3n) is 2.64. The van der Waals surface area contributed by atoms with Crippen molar-refractivity contribution in [1.29, 1.82) is 5.26 Å². The fourth-order valence-corrected chi connectivity index (χ4v) is 2.51. The number of methoxy groups -OCH3 is 1. The first-order valence-corrected chi connectivity index (χ1v) is 5.97. The van der Waals surface area contributed by atoms with E-state index in [1.165, 1.54) is 11.3 Å². The fraction of sp³-hybridized carbons (Fsp3) is 0.154. The van der Waals surface area contributed by atoms with Crippen molar-refractivity contribution in [3.8, 4) is 22.9 Å². The van der Waals surface area contributed by atoms with Crippen LogP contribution in [0, 0.1) is 18.3 Å². The summed E-state index contributed by atoms with van der Waals surface area (Å²) in [5.41, 5.74) is 9.46. The number of thiophene rings is 1. The summed E-state index contributed by atoms with van der Waals surface area (Å²) in [6.07, 6.45) is 0. The van der Waals surface area contributed by atoms with Gasteiger partial charge in [0.05, 0.1) is 12.8 Å². The smallest absolute Gasteiger partial charge is 0.128 e. The second-order valence-electron chi connectivity index (χ2n) is 3.69. The first kappa shape index (κ1) is 11.5. The minimum Gasteiger partial charge on any atom is -0.496 e. The van der Waals surface area contributed by atoms with E-state index in [0.29, 0.717) is 10.6 Å². The van der Waals surface area contributed by atoms with Gasteiger partial charge in [0.2, 0.25) is 0 Å². The molecule has 0 amide bonds. The van der Waals surface area contributed by atoms with E-state index in [-0.39, 0.29) is 0 Å². The Kier molecular flexibility index (Phi) is 3.03.